The molecule has 3 rings (SSSR count). The molecule has 3 aromatic rings. The number of alkyl halides is 6. The molecule has 0 atom stereocenters. The maximum absolute atomic E-state index is 13.2. The van der Waals surface area contributed by atoms with Crippen molar-refractivity contribution in [3.63, 3.8) is 0 Å². The van der Waals surface area contributed by atoms with Crippen LogP contribution in [0.1, 0.15) is 11.3 Å². The van der Waals surface area contributed by atoms with Crippen molar-refractivity contribution in [2.45, 2.75) is 12.4 Å². The van der Waals surface area contributed by atoms with E-state index in [1.165, 1.54) is 13.2 Å². The van der Waals surface area contributed by atoms with Crippen LogP contribution in [-0.4, -0.2) is 12.1 Å². The molecule has 0 bridgehead atoms. The van der Waals surface area contributed by atoms with Crippen LogP contribution in [0.25, 0.3) is 10.9 Å². The average molecular weight is 386 g/mol. The van der Waals surface area contributed by atoms with Crippen molar-refractivity contribution in [1.82, 2.24) is 4.98 Å². The van der Waals surface area contributed by atoms with Gasteiger partial charge in [-0.2, -0.15) is 26.3 Å². The lowest BCUT2D eigenvalue weighted by Crippen LogP contribution is -2.13. The zero-order valence-corrected chi connectivity index (χ0v) is 13.7. The van der Waals surface area contributed by atoms with E-state index in [0.717, 1.165) is 12.1 Å². The number of hydrogen-bond acceptors (Lipinski definition) is 3. The third-order valence-corrected chi connectivity index (χ3v) is 3.78. The molecular weight excluding hydrogens is 374 g/mol. The number of ether oxygens (including phenoxy) is 1. The molecule has 27 heavy (non-hydrogen) atoms. The standard InChI is InChI=1S/C18H12F6N2O/c1-27-12-5-2-10(3-6-12)25-11-4-7-13-14(17(19,20)21)9-16(18(22,23)24)26-15(13)8-11/h2-9,25H,1H3. The number of methoxy groups -OCH3 is 1. The fraction of sp³-hybridized carbons (Fsp3) is 0.167. The van der Waals surface area contributed by atoms with Crippen molar-refractivity contribution in [2.24, 2.45) is 0 Å². The summed E-state index contributed by atoms with van der Waals surface area (Å²) >= 11 is 0. The van der Waals surface area contributed by atoms with Crippen LogP contribution in [0.2, 0.25) is 0 Å². The molecule has 1 aromatic heterocycles. The van der Waals surface area contributed by atoms with Crippen LogP contribution in [0.3, 0.4) is 0 Å². The molecule has 142 valence electrons. The summed E-state index contributed by atoms with van der Waals surface area (Å²) in [6.45, 7) is 0. The van der Waals surface area contributed by atoms with E-state index in [-0.39, 0.29) is 6.07 Å². The molecular formula is C18H12F6N2O. The Balaban J connectivity index is 2.07. The van der Waals surface area contributed by atoms with Gasteiger partial charge in [-0.3, -0.25) is 0 Å². The summed E-state index contributed by atoms with van der Waals surface area (Å²) in [5.41, 5.74) is -2.50. The van der Waals surface area contributed by atoms with E-state index < -0.39 is 34.5 Å². The minimum atomic E-state index is -4.99. The molecule has 1 N–H and O–H groups in total. The molecule has 0 saturated heterocycles. The highest BCUT2D eigenvalue weighted by atomic mass is 19.4. The largest absolute Gasteiger partial charge is 0.497 e. The molecule has 0 radical (unpaired) electrons. The first kappa shape index (κ1) is 18.8. The monoisotopic (exact) mass is 386 g/mol. The first-order valence-electron chi connectivity index (χ1n) is 7.58. The molecule has 3 nitrogen and oxygen atoms in total. The van der Waals surface area contributed by atoms with Gasteiger partial charge in [0.05, 0.1) is 18.2 Å². The summed E-state index contributed by atoms with van der Waals surface area (Å²) in [5.74, 6) is 0.602. The van der Waals surface area contributed by atoms with E-state index in [1.54, 1.807) is 24.3 Å². The van der Waals surface area contributed by atoms with Crippen LogP contribution in [0.5, 0.6) is 5.75 Å². The number of benzene rings is 2. The van der Waals surface area contributed by atoms with Crippen LogP contribution < -0.4 is 10.1 Å². The van der Waals surface area contributed by atoms with E-state index in [1.807, 2.05) is 0 Å². The minimum Gasteiger partial charge on any atom is -0.497 e. The van der Waals surface area contributed by atoms with Crippen LogP contribution in [0.15, 0.2) is 48.5 Å². The van der Waals surface area contributed by atoms with Crippen molar-refractivity contribution < 1.29 is 31.1 Å². The van der Waals surface area contributed by atoms with Crippen molar-refractivity contribution in [2.75, 3.05) is 12.4 Å². The van der Waals surface area contributed by atoms with E-state index in [2.05, 4.69) is 10.3 Å². The van der Waals surface area contributed by atoms with Gasteiger partial charge >= 0.3 is 12.4 Å². The number of fused-ring (bicyclic) bond motifs is 1. The van der Waals surface area contributed by atoms with Gasteiger partial charge in [-0.25, -0.2) is 4.98 Å². The molecule has 9 heteroatoms. The van der Waals surface area contributed by atoms with Gasteiger partial charge in [-0.15, -0.1) is 0 Å². The molecule has 0 aliphatic rings. The quantitative estimate of drug-likeness (QED) is 0.559. The van der Waals surface area contributed by atoms with Crippen molar-refractivity contribution in [1.29, 1.82) is 0 Å². The Morgan fingerprint density at radius 3 is 2.00 bits per heavy atom. The number of halogens is 6. The number of pyridine rings is 1. The number of aromatic nitrogens is 1. The fourth-order valence-corrected chi connectivity index (χ4v) is 2.53. The summed E-state index contributed by atoms with van der Waals surface area (Å²) in [6, 6.07) is 10.2. The third-order valence-electron chi connectivity index (χ3n) is 3.78. The Morgan fingerprint density at radius 2 is 1.44 bits per heavy atom. The lowest BCUT2D eigenvalue weighted by molar-refractivity contribution is -0.144. The maximum Gasteiger partial charge on any atom is 0.433 e. The van der Waals surface area contributed by atoms with Crippen LogP contribution >= 0.6 is 0 Å². The molecule has 0 fully saturated rings. The molecule has 2 aromatic carbocycles. The summed E-state index contributed by atoms with van der Waals surface area (Å²) in [6.07, 6.45) is -9.93. The Kier molecular flexibility index (Phi) is 4.63. The summed E-state index contributed by atoms with van der Waals surface area (Å²) in [5, 5.41) is 2.50. The minimum absolute atomic E-state index is 0.0267. The third kappa shape index (κ3) is 4.07. The highest BCUT2D eigenvalue weighted by Gasteiger charge is 2.39. The smallest absolute Gasteiger partial charge is 0.433 e. The first-order valence-corrected chi connectivity index (χ1v) is 7.58. The van der Waals surface area contributed by atoms with Crippen molar-refractivity contribution in [3.8, 4) is 5.75 Å². The van der Waals surface area contributed by atoms with Gasteiger partial charge in [0.2, 0.25) is 0 Å². The Morgan fingerprint density at radius 1 is 0.815 bits per heavy atom. The van der Waals surface area contributed by atoms with E-state index in [4.69, 9.17) is 4.74 Å². The predicted molar refractivity (Wildman–Crippen MR) is 88.0 cm³/mol. The summed E-state index contributed by atoms with van der Waals surface area (Å²) < 4.78 is 83.4. The van der Waals surface area contributed by atoms with E-state index in [0.29, 0.717) is 17.1 Å². The second kappa shape index (κ2) is 6.64. The van der Waals surface area contributed by atoms with Crippen LogP contribution in [-0.2, 0) is 12.4 Å². The van der Waals surface area contributed by atoms with Gasteiger partial charge < -0.3 is 10.1 Å². The number of nitrogens with one attached hydrogen (secondary N) is 1. The molecule has 0 unspecified atom stereocenters. The number of hydrogen-bond donors (Lipinski definition) is 1. The molecule has 0 saturated carbocycles. The Hall–Kier alpha value is -2.97. The highest BCUT2D eigenvalue weighted by Crippen LogP contribution is 2.39. The summed E-state index contributed by atoms with van der Waals surface area (Å²) in [4.78, 5) is 3.37. The first-order chi connectivity index (χ1) is 12.6. The Bertz CT molecular complexity index is 964. The Labute approximate surface area is 149 Å². The highest BCUT2D eigenvalue weighted by molar-refractivity contribution is 5.87. The molecule has 0 aliphatic carbocycles. The van der Waals surface area contributed by atoms with Gasteiger partial charge in [-0.1, -0.05) is 6.07 Å². The van der Waals surface area contributed by atoms with E-state index in [9.17, 15) is 26.3 Å². The van der Waals surface area contributed by atoms with Crippen molar-refractivity contribution in [3.05, 3.63) is 59.8 Å². The van der Waals surface area contributed by atoms with E-state index >= 15 is 0 Å². The lowest BCUT2D eigenvalue weighted by atomic mass is 10.1. The van der Waals surface area contributed by atoms with Gasteiger partial charge in [0, 0.05) is 16.8 Å². The maximum atomic E-state index is 13.2. The lowest BCUT2D eigenvalue weighted by Gasteiger charge is -2.15. The average Bonchev–Trinajstić information content (AvgIpc) is 2.59. The van der Waals surface area contributed by atoms with Crippen LogP contribution in [0, 0.1) is 0 Å². The second-order valence-electron chi connectivity index (χ2n) is 5.64. The molecule has 1 heterocycles. The van der Waals surface area contributed by atoms with Crippen LogP contribution in [0.4, 0.5) is 37.7 Å². The zero-order valence-electron chi connectivity index (χ0n) is 13.7. The second-order valence-corrected chi connectivity index (χ2v) is 5.64. The number of anilines is 2. The van der Waals surface area contributed by atoms with Gasteiger partial charge in [0.15, 0.2) is 0 Å². The molecule has 0 amide bonds. The molecule has 0 spiro atoms. The van der Waals surface area contributed by atoms with Crippen molar-refractivity contribution >= 4 is 22.3 Å². The zero-order chi connectivity index (χ0) is 19.8. The predicted octanol–water partition coefficient (Wildman–Crippen LogP) is 6.02. The topological polar surface area (TPSA) is 34.1 Å². The fourth-order valence-electron chi connectivity index (χ4n) is 2.53. The molecule has 0 aliphatic heterocycles. The van der Waals surface area contributed by atoms with Gasteiger partial charge in [-0.05, 0) is 42.5 Å². The number of rotatable bonds is 3. The van der Waals surface area contributed by atoms with Gasteiger partial charge in [0.1, 0.15) is 11.4 Å². The summed E-state index contributed by atoms with van der Waals surface area (Å²) in [7, 11) is 1.49. The number of nitrogens with zero attached hydrogens (tertiary/aromatic N) is 1. The van der Waals surface area contributed by atoms with Gasteiger partial charge in [0.25, 0.3) is 0 Å². The normalized spacial score (nSPS) is 12.3. The SMILES string of the molecule is COc1ccc(Nc2ccc3c(C(F)(F)F)cc(C(F)(F)F)nc3c2)cc1.